The average molecular weight is 265 g/mol. The Morgan fingerprint density at radius 2 is 2.06 bits per heavy atom. The lowest BCUT2D eigenvalue weighted by Gasteiger charge is -2.36. The van der Waals surface area contributed by atoms with Crippen molar-refractivity contribution in [2.45, 2.75) is 32.2 Å². The Bertz CT molecular complexity index is 329. The third-order valence-corrected chi connectivity index (χ3v) is 4.60. The van der Waals surface area contributed by atoms with E-state index in [0.717, 1.165) is 12.8 Å². The standard InChI is InChI=1S/C10H20NO5P/c1-6-2-3-7(5-17(14,15)16)4-8(6)9(11)10(12)13/h6-9H,2-5,11H2,1H3,(H,12,13)(H2,14,15,16)/t6-,7?,8-,9-/m1/s1. The summed E-state index contributed by atoms with van der Waals surface area (Å²) in [5.41, 5.74) is 5.61. The second kappa shape index (κ2) is 5.48. The molecule has 0 bridgehead atoms. The maximum absolute atomic E-state index is 10.9. The van der Waals surface area contributed by atoms with E-state index < -0.39 is 19.6 Å². The summed E-state index contributed by atoms with van der Waals surface area (Å²) in [5.74, 6) is -1.17. The highest BCUT2D eigenvalue weighted by Gasteiger charge is 2.36. The Balaban J connectivity index is 2.65. The first-order valence-corrected chi connectivity index (χ1v) is 7.53. The Kier molecular flexibility index (Phi) is 4.72. The van der Waals surface area contributed by atoms with Crippen LogP contribution in [0, 0.1) is 17.8 Å². The lowest BCUT2D eigenvalue weighted by atomic mass is 9.72. The van der Waals surface area contributed by atoms with Gasteiger partial charge in [0.05, 0.1) is 6.16 Å². The first-order chi connectivity index (χ1) is 7.70. The molecule has 1 aliphatic carbocycles. The van der Waals surface area contributed by atoms with E-state index >= 15 is 0 Å². The fraction of sp³-hybridized carbons (Fsp3) is 0.900. The van der Waals surface area contributed by atoms with Crippen molar-refractivity contribution in [2.75, 3.05) is 6.16 Å². The molecule has 1 aliphatic rings. The number of aliphatic carboxylic acids is 1. The molecule has 0 saturated heterocycles. The molecule has 0 aromatic heterocycles. The van der Waals surface area contributed by atoms with Gasteiger partial charge < -0.3 is 20.6 Å². The summed E-state index contributed by atoms with van der Waals surface area (Å²) >= 11 is 0. The highest BCUT2D eigenvalue weighted by Crippen LogP contribution is 2.44. The van der Waals surface area contributed by atoms with Gasteiger partial charge in [0.15, 0.2) is 0 Å². The topological polar surface area (TPSA) is 121 Å². The zero-order valence-corrected chi connectivity index (χ0v) is 10.7. The van der Waals surface area contributed by atoms with Crippen molar-refractivity contribution in [3.05, 3.63) is 0 Å². The number of hydrogen-bond donors (Lipinski definition) is 4. The molecule has 1 unspecified atom stereocenters. The van der Waals surface area contributed by atoms with Crippen LogP contribution in [0.3, 0.4) is 0 Å². The van der Waals surface area contributed by atoms with Crippen molar-refractivity contribution in [1.29, 1.82) is 0 Å². The summed E-state index contributed by atoms with van der Waals surface area (Å²) in [6.07, 6.45) is 1.83. The van der Waals surface area contributed by atoms with Crippen molar-refractivity contribution in [2.24, 2.45) is 23.5 Å². The first-order valence-electron chi connectivity index (χ1n) is 5.73. The molecule has 1 rings (SSSR count). The molecule has 4 atom stereocenters. The molecule has 0 aromatic rings. The summed E-state index contributed by atoms with van der Waals surface area (Å²) in [6.45, 7) is 1.95. The van der Waals surface area contributed by atoms with Gasteiger partial charge in [-0.2, -0.15) is 0 Å². The van der Waals surface area contributed by atoms with Crippen LogP contribution in [0.4, 0.5) is 0 Å². The monoisotopic (exact) mass is 265 g/mol. The van der Waals surface area contributed by atoms with E-state index in [-0.39, 0.29) is 23.9 Å². The van der Waals surface area contributed by atoms with Gasteiger partial charge in [0.1, 0.15) is 6.04 Å². The van der Waals surface area contributed by atoms with Gasteiger partial charge in [-0.05, 0) is 30.6 Å². The number of carboxylic acid groups (broad SMARTS) is 1. The summed E-state index contributed by atoms with van der Waals surface area (Å²) in [5, 5.41) is 8.89. The molecular weight excluding hydrogens is 245 g/mol. The van der Waals surface area contributed by atoms with Crippen LogP contribution >= 0.6 is 7.60 Å². The van der Waals surface area contributed by atoms with Crippen molar-refractivity contribution < 1.29 is 24.3 Å². The largest absolute Gasteiger partial charge is 0.480 e. The molecule has 0 radical (unpaired) electrons. The van der Waals surface area contributed by atoms with Gasteiger partial charge in [-0.3, -0.25) is 9.36 Å². The zero-order valence-electron chi connectivity index (χ0n) is 9.82. The molecule has 0 aliphatic heterocycles. The van der Waals surface area contributed by atoms with Crippen LogP contribution in [0.2, 0.25) is 0 Å². The second-order valence-corrected chi connectivity index (χ2v) is 6.73. The molecule has 1 saturated carbocycles. The Hall–Kier alpha value is -0.420. The fourth-order valence-electron chi connectivity index (χ4n) is 2.63. The average Bonchev–Trinajstić information content (AvgIpc) is 2.17. The molecule has 17 heavy (non-hydrogen) atoms. The van der Waals surface area contributed by atoms with Crippen LogP contribution in [0.5, 0.6) is 0 Å². The fourth-order valence-corrected chi connectivity index (χ4v) is 3.64. The maximum atomic E-state index is 10.9. The molecule has 0 amide bonds. The second-order valence-electron chi connectivity index (χ2n) is 5.03. The molecule has 0 heterocycles. The third kappa shape index (κ3) is 4.39. The molecule has 5 N–H and O–H groups in total. The molecule has 0 aromatic carbocycles. The number of nitrogens with two attached hydrogens (primary N) is 1. The van der Waals surface area contributed by atoms with Crippen LogP contribution < -0.4 is 5.73 Å². The van der Waals surface area contributed by atoms with Gasteiger partial charge in [-0.25, -0.2) is 0 Å². The molecular formula is C10H20NO5P. The number of hydrogen-bond acceptors (Lipinski definition) is 3. The number of carboxylic acids is 1. The van der Waals surface area contributed by atoms with Gasteiger partial charge in [0.25, 0.3) is 0 Å². The third-order valence-electron chi connectivity index (χ3n) is 3.61. The quantitative estimate of drug-likeness (QED) is 0.553. The predicted octanol–water partition coefficient (Wildman–Crippen LogP) is 0.628. The van der Waals surface area contributed by atoms with Gasteiger partial charge in [0.2, 0.25) is 0 Å². The van der Waals surface area contributed by atoms with Crippen LogP contribution in [-0.4, -0.2) is 33.1 Å². The lowest BCUT2D eigenvalue weighted by molar-refractivity contribution is -0.140. The highest BCUT2D eigenvalue weighted by atomic mass is 31.2. The van der Waals surface area contributed by atoms with Crippen LogP contribution in [0.15, 0.2) is 0 Å². The van der Waals surface area contributed by atoms with Crippen LogP contribution in [0.25, 0.3) is 0 Å². The van der Waals surface area contributed by atoms with E-state index in [4.69, 9.17) is 20.6 Å². The van der Waals surface area contributed by atoms with Gasteiger partial charge in [-0.1, -0.05) is 13.3 Å². The summed E-state index contributed by atoms with van der Waals surface area (Å²) in [7, 11) is -4.02. The Labute approximate surface area is 100 Å². The van der Waals surface area contributed by atoms with Crippen molar-refractivity contribution in [1.82, 2.24) is 0 Å². The molecule has 7 heteroatoms. The summed E-state index contributed by atoms with van der Waals surface area (Å²) < 4.78 is 10.9. The first kappa shape index (κ1) is 14.6. The van der Waals surface area contributed by atoms with E-state index in [1.165, 1.54) is 0 Å². The highest BCUT2D eigenvalue weighted by molar-refractivity contribution is 7.51. The molecule has 1 fully saturated rings. The van der Waals surface area contributed by atoms with Gasteiger partial charge >= 0.3 is 13.6 Å². The lowest BCUT2D eigenvalue weighted by Crippen LogP contribution is -2.44. The molecule has 0 spiro atoms. The number of rotatable bonds is 4. The van der Waals surface area contributed by atoms with Gasteiger partial charge in [0, 0.05) is 0 Å². The Morgan fingerprint density at radius 1 is 1.47 bits per heavy atom. The maximum Gasteiger partial charge on any atom is 0.325 e. The van der Waals surface area contributed by atoms with E-state index in [9.17, 15) is 9.36 Å². The van der Waals surface area contributed by atoms with Gasteiger partial charge in [-0.15, -0.1) is 0 Å². The van der Waals surface area contributed by atoms with Crippen LogP contribution in [-0.2, 0) is 9.36 Å². The predicted molar refractivity (Wildman–Crippen MR) is 62.5 cm³/mol. The number of carbonyl (C=O) groups is 1. The molecule has 100 valence electrons. The van der Waals surface area contributed by atoms with Crippen molar-refractivity contribution >= 4 is 13.6 Å². The Morgan fingerprint density at radius 3 is 2.53 bits per heavy atom. The van der Waals surface area contributed by atoms with E-state index in [2.05, 4.69) is 0 Å². The minimum Gasteiger partial charge on any atom is -0.480 e. The normalized spacial score (nSPS) is 32.1. The summed E-state index contributed by atoms with van der Waals surface area (Å²) in [4.78, 5) is 28.7. The van der Waals surface area contributed by atoms with E-state index in [1.54, 1.807) is 0 Å². The zero-order chi connectivity index (χ0) is 13.2. The minimum atomic E-state index is -4.02. The van der Waals surface area contributed by atoms with Crippen LogP contribution in [0.1, 0.15) is 26.2 Å². The van der Waals surface area contributed by atoms with E-state index in [0.29, 0.717) is 6.42 Å². The van der Waals surface area contributed by atoms with Crippen molar-refractivity contribution in [3.8, 4) is 0 Å². The van der Waals surface area contributed by atoms with Crippen molar-refractivity contribution in [3.63, 3.8) is 0 Å². The SMILES string of the molecule is C[C@@H]1CCC(CP(=O)(O)O)C[C@H]1[C@@H](N)C(=O)O. The minimum absolute atomic E-state index is 0.123. The summed E-state index contributed by atoms with van der Waals surface area (Å²) in [6, 6.07) is -0.940. The smallest absolute Gasteiger partial charge is 0.325 e. The van der Waals surface area contributed by atoms with E-state index in [1.807, 2.05) is 6.92 Å². The molecule has 6 nitrogen and oxygen atoms in total.